The highest BCUT2D eigenvalue weighted by molar-refractivity contribution is 6.10. The molecular weight excluding hydrogens is 609 g/mol. The number of para-hydroxylation sites is 4. The van der Waals surface area contributed by atoms with Crippen molar-refractivity contribution in [3.8, 4) is 11.4 Å². The first kappa shape index (κ1) is 29.6. The minimum Gasteiger partial charge on any atom is -0.321 e. The van der Waals surface area contributed by atoms with E-state index in [1.54, 1.807) is 0 Å². The van der Waals surface area contributed by atoms with E-state index < -0.39 is 0 Å². The molecule has 0 aliphatic rings. The van der Waals surface area contributed by atoms with Crippen LogP contribution < -0.4 is 5.73 Å². The SMILES string of the molecule is NC(/C=C(\N=Cc1ccccc1)c1cc(-n2c3ccccc3c3ccccc32)cc(-n2c3ccccc3c3ccccc32)c1)c1ccccc1. The summed E-state index contributed by atoms with van der Waals surface area (Å²) in [7, 11) is 0. The lowest BCUT2D eigenvalue weighted by molar-refractivity contribution is 0.911. The molecule has 0 aliphatic carbocycles. The van der Waals surface area contributed by atoms with Crippen molar-refractivity contribution in [3.05, 3.63) is 199 Å². The second-order valence-electron chi connectivity index (χ2n) is 12.6. The van der Waals surface area contributed by atoms with Crippen molar-refractivity contribution in [1.82, 2.24) is 9.13 Å². The van der Waals surface area contributed by atoms with Gasteiger partial charge < -0.3 is 14.9 Å². The second kappa shape index (κ2) is 12.5. The summed E-state index contributed by atoms with van der Waals surface area (Å²) in [4.78, 5) is 5.16. The molecule has 0 fully saturated rings. The van der Waals surface area contributed by atoms with Gasteiger partial charge in [0, 0.05) is 44.7 Å². The standard InChI is InChI=1S/C46H34N4/c47-41(33-17-5-2-6-18-33)30-42(48-31-32-15-3-1-4-16-32)34-27-35(49-43-23-11-7-19-37(43)38-20-8-12-24-44(38)49)29-36(28-34)50-45-25-13-9-21-39(45)40-22-10-14-26-46(40)50/h1-31,41H,47H2/b42-30-,48-31?. The number of hydrogen-bond donors (Lipinski definition) is 1. The molecule has 0 spiro atoms. The lowest BCUT2D eigenvalue weighted by atomic mass is 10.0. The minimum absolute atomic E-state index is 0.354. The highest BCUT2D eigenvalue weighted by atomic mass is 15.0. The van der Waals surface area contributed by atoms with Crippen molar-refractivity contribution in [1.29, 1.82) is 0 Å². The van der Waals surface area contributed by atoms with E-state index >= 15 is 0 Å². The lowest BCUT2D eigenvalue weighted by Crippen LogP contribution is -2.08. The van der Waals surface area contributed by atoms with E-state index in [1.165, 1.54) is 21.5 Å². The summed E-state index contributed by atoms with van der Waals surface area (Å²) < 4.78 is 4.75. The molecule has 1 unspecified atom stereocenters. The predicted molar refractivity (Wildman–Crippen MR) is 211 cm³/mol. The van der Waals surface area contributed by atoms with Gasteiger partial charge in [-0.15, -0.1) is 0 Å². The van der Waals surface area contributed by atoms with Crippen molar-refractivity contribution < 1.29 is 0 Å². The Kier molecular flexibility index (Phi) is 7.42. The predicted octanol–water partition coefficient (Wildman–Crippen LogP) is 11.0. The van der Waals surface area contributed by atoms with Crippen LogP contribution in [0.4, 0.5) is 0 Å². The molecule has 0 bridgehead atoms. The smallest absolute Gasteiger partial charge is 0.0682 e. The quantitative estimate of drug-likeness (QED) is 0.173. The van der Waals surface area contributed by atoms with Crippen LogP contribution >= 0.6 is 0 Å². The Bertz CT molecular complexity index is 2470. The molecule has 0 saturated heterocycles. The zero-order valence-electron chi connectivity index (χ0n) is 27.4. The Labute approximate surface area is 290 Å². The fourth-order valence-corrected chi connectivity index (χ4v) is 7.24. The van der Waals surface area contributed by atoms with Crippen molar-refractivity contribution in [3.63, 3.8) is 0 Å². The molecule has 4 nitrogen and oxygen atoms in total. The number of hydrogen-bond acceptors (Lipinski definition) is 2. The average Bonchev–Trinajstić information content (AvgIpc) is 3.70. The Balaban J connectivity index is 1.35. The van der Waals surface area contributed by atoms with E-state index in [4.69, 9.17) is 10.7 Å². The van der Waals surface area contributed by atoms with Gasteiger partial charge in [-0.3, -0.25) is 4.99 Å². The normalized spacial score (nSPS) is 12.9. The minimum atomic E-state index is -0.354. The number of fused-ring (bicyclic) bond motifs is 6. The van der Waals surface area contributed by atoms with Crippen LogP contribution in [0, 0.1) is 0 Å². The van der Waals surface area contributed by atoms with Crippen molar-refractivity contribution >= 4 is 55.5 Å². The van der Waals surface area contributed by atoms with E-state index in [0.717, 1.165) is 55.8 Å². The first-order valence-electron chi connectivity index (χ1n) is 17.0. The van der Waals surface area contributed by atoms with Crippen molar-refractivity contribution in [2.45, 2.75) is 6.04 Å². The third-order valence-electron chi connectivity index (χ3n) is 9.55. The first-order chi connectivity index (χ1) is 24.7. The number of aromatic nitrogens is 2. The highest BCUT2D eigenvalue weighted by Gasteiger charge is 2.18. The van der Waals surface area contributed by atoms with Crippen LogP contribution in [0.2, 0.25) is 0 Å². The number of nitrogens with two attached hydrogens (primary N) is 1. The Morgan fingerprint density at radius 2 is 0.880 bits per heavy atom. The summed E-state index contributed by atoms with van der Waals surface area (Å²) in [5, 5.41) is 4.87. The van der Waals surface area contributed by atoms with Gasteiger partial charge in [-0.05, 0) is 59.7 Å². The summed E-state index contributed by atoms with van der Waals surface area (Å²) in [6, 6.07) is 61.4. The molecular formula is C46H34N4. The second-order valence-corrected chi connectivity index (χ2v) is 12.6. The molecule has 0 amide bonds. The molecule has 9 rings (SSSR count). The van der Waals surface area contributed by atoms with Gasteiger partial charge in [-0.2, -0.15) is 0 Å². The monoisotopic (exact) mass is 642 g/mol. The molecule has 0 aliphatic heterocycles. The maximum Gasteiger partial charge on any atom is 0.0682 e. The maximum absolute atomic E-state index is 6.90. The van der Waals surface area contributed by atoms with Crippen molar-refractivity contribution in [2.24, 2.45) is 10.7 Å². The number of aliphatic imine (C=N–C) groups is 1. The van der Waals surface area contributed by atoms with Crippen LogP contribution in [-0.4, -0.2) is 15.3 Å². The Morgan fingerprint density at radius 3 is 1.34 bits per heavy atom. The number of rotatable bonds is 7. The highest BCUT2D eigenvalue weighted by Crippen LogP contribution is 2.37. The van der Waals surface area contributed by atoms with Gasteiger partial charge in [-0.1, -0.05) is 133 Å². The third kappa shape index (κ3) is 5.20. The topological polar surface area (TPSA) is 48.2 Å². The van der Waals surface area contributed by atoms with Gasteiger partial charge in [0.1, 0.15) is 0 Å². The molecule has 238 valence electrons. The van der Waals surface area contributed by atoms with Gasteiger partial charge in [-0.25, -0.2) is 0 Å². The molecule has 7 aromatic carbocycles. The molecule has 50 heavy (non-hydrogen) atoms. The van der Waals surface area contributed by atoms with Gasteiger partial charge in [0.2, 0.25) is 0 Å². The van der Waals surface area contributed by atoms with Crippen LogP contribution in [0.3, 0.4) is 0 Å². The van der Waals surface area contributed by atoms with E-state index in [2.05, 4.69) is 155 Å². The zero-order chi connectivity index (χ0) is 33.4. The molecule has 4 heteroatoms. The van der Waals surface area contributed by atoms with E-state index in [0.29, 0.717) is 0 Å². The molecule has 2 heterocycles. The van der Waals surface area contributed by atoms with Gasteiger partial charge in [0.25, 0.3) is 0 Å². The van der Waals surface area contributed by atoms with E-state index in [-0.39, 0.29) is 6.04 Å². The lowest BCUT2D eigenvalue weighted by Gasteiger charge is -2.17. The first-order valence-corrected chi connectivity index (χ1v) is 17.0. The largest absolute Gasteiger partial charge is 0.321 e. The molecule has 2 N–H and O–H groups in total. The fourth-order valence-electron chi connectivity index (χ4n) is 7.24. The molecule has 1 atom stereocenters. The van der Waals surface area contributed by atoms with Gasteiger partial charge in [0.15, 0.2) is 0 Å². The molecule has 9 aromatic rings. The summed E-state index contributed by atoms with van der Waals surface area (Å²) in [5.74, 6) is 0. The van der Waals surface area contributed by atoms with Gasteiger partial charge >= 0.3 is 0 Å². The summed E-state index contributed by atoms with van der Waals surface area (Å²) in [5.41, 5.74) is 17.4. The number of benzene rings is 7. The molecule has 0 radical (unpaired) electrons. The van der Waals surface area contributed by atoms with Crippen LogP contribution in [0.1, 0.15) is 22.7 Å². The average molecular weight is 643 g/mol. The van der Waals surface area contributed by atoms with Crippen molar-refractivity contribution in [2.75, 3.05) is 0 Å². The Hall–Kier alpha value is -6.49. The van der Waals surface area contributed by atoms with E-state index in [1.807, 2.05) is 42.6 Å². The summed E-state index contributed by atoms with van der Waals surface area (Å²) in [6.07, 6.45) is 4.01. The summed E-state index contributed by atoms with van der Waals surface area (Å²) >= 11 is 0. The van der Waals surface area contributed by atoms with Crippen LogP contribution in [0.15, 0.2) is 187 Å². The summed E-state index contributed by atoms with van der Waals surface area (Å²) in [6.45, 7) is 0. The molecule has 2 aromatic heterocycles. The number of nitrogens with zero attached hydrogens (tertiary/aromatic N) is 3. The van der Waals surface area contributed by atoms with Gasteiger partial charge in [0.05, 0.1) is 33.8 Å². The van der Waals surface area contributed by atoms with Crippen LogP contribution in [-0.2, 0) is 0 Å². The van der Waals surface area contributed by atoms with Crippen LogP contribution in [0.5, 0.6) is 0 Å². The maximum atomic E-state index is 6.90. The third-order valence-corrected chi connectivity index (χ3v) is 9.55. The fraction of sp³-hybridized carbons (Fsp3) is 0.0217. The zero-order valence-corrected chi connectivity index (χ0v) is 27.4. The Morgan fingerprint density at radius 1 is 0.480 bits per heavy atom. The molecule has 0 saturated carbocycles. The van der Waals surface area contributed by atoms with Crippen LogP contribution in [0.25, 0.3) is 60.7 Å². The van der Waals surface area contributed by atoms with E-state index in [9.17, 15) is 0 Å².